The number of imidazole rings is 1. The molecule has 1 unspecified atom stereocenters. The van der Waals surface area contributed by atoms with Crippen LogP contribution < -0.4 is 0 Å². The van der Waals surface area contributed by atoms with Gasteiger partial charge >= 0.3 is 0 Å². The number of aliphatic hydroxyl groups excluding tert-OH is 1. The Morgan fingerprint density at radius 2 is 1.64 bits per heavy atom. The van der Waals surface area contributed by atoms with Crippen molar-refractivity contribution in [3.8, 4) is 22.4 Å². The summed E-state index contributed by atoms with van der Waals surface area (Å²) >= 11 is 12.4. The topological polar surface area (TPSA) is 50.9 Å². The van der Waals surface area contributed by atoms with E-state index in [-0.39, 0.29) is 0 Å². The third-order valence-electron chi connectivity index (χ3n) is 5.88. The molecule has 5 rings (SSSR count). The lowest BCUT2D eigenvalue weighted by atomic mass is 9.90. The van der Waals surface area contributed by atoms with Gasteiger partial charge in [0.1, 0.15) is 6.10 Å². The van der Waals surface area contributed by atoms with Gasteiger partial charge in [0, 0.05) is 39.3 Å². The molecule has 2 heterocycles. The molecule has 0 radical (unpaired) electrons. The second-order valence-corrected chi connectivity index (χ2v) is 8.95. The minimum atomic E-state index is -0.791. The van der Waals surface area contributed by atoms with E-state index < -0.39 is 6.10 Å². The molecule has 0 saturated heterocycles. The molecule has 1 atom stereocenters. The van der Waals surface area contributed by atoms with Gasteiger partial charge in [-0.15, -0.1) is 0 Å². The lowest BCUT2D eigenvalue weighted by Crippen LogP contribution is -2.02. The van der Waals surface area contributed by atoms with Crippen LogP contribution in [0.5, 0.6) is 0 Å². The Labute approximate surface area is 202 Å². The molecule has 0 aliphatic rings. The second-order valence-electron chi connectivity index (χ2n) is 8.08. The van der Waals surface area contributed by atoms with Crippen LogP contribution in [0.3, 0.4) is 0 Å². The van der Waals surface area contributed by atoms with E-state index in [0.717, 1.165) is 50.1 Å². The Bertz CT molecular complexity index is 1480. The normalized spacial score (nSPS) is 12.3. The number of halogens is 2. The van der Waals surface area contributed by atoms with Crippen molar-refractivity contribution in [3.05, 3.63) is 106 Å². The predicted octanol–water partition coefficient (Wildman–Crippen LogP) is 7.00. The molecule has 4 nitrogen and oxygen atoms in total. The second kappa shape index (κ2) is 8.64. The first-order valence-electron chi connectivity index (χ1n) is 10.5. The zero-order valence-corrected chi connectivity index (χ0v) is 19.6. The molecule has 5 aromatic rings. The van der Waals surface area contributed by atoms with Gasteiger partial charge < -0.3 is 9.67 Å². The summed E-state index contributed by atoms with van der Waals surface area (Å²) in [5.74, 6) is 0. The molecule has 6 heteroatoms. The van der Waals surface area contributed by atoms with Gasteiger partial charge in [0.2, 0.25) is 0 Å². The highest BCUT2D eigenvalue weighted by atomic mass is 35.5. The zero-order valence-electron chi connectivity index (χ0n) is 18.1. The molecule has 2 aromatic heterocycles. The summed E-state index contributed by atoms with van der Waals surface area (Å²) in [5, 5.41) is 13.3. The van der Waals surface area contributed by atoms with Crippen molar-refractivity contribution in [3.63, 3.8) is 0 Å². The zero-order chi connectivity index (χ0) is 23.1. The van der Waals surface area contributed by atoms with Gasteiger partial charge in [-0.25, -0.2) is 4.98 Å². The average Bonchev–Trinajstić information content (AvgIpc) is 3.23. The Balaban J connectivity index is 1.80. The number of aryl methyl sites for hydroxylation is 2. The van der Waals surface area contributed by atoms with Gasteiger partial charge in [0.05, 0.1) is 23.7 Å². The van der Waals surface area contributed by atoms with Crippen LogP contribution >= 0.6 is 23.2 Å². The van der Waals surface area contributed by atoms with Crippen molar-refractivity contribution < 1.29 is 5.11 Å². The molecule has 0 bridgehead atoms. The van der Waals surface area contributed by atoms with Crippen LogP contribution in [0.25, 0.3) is 33.3 Å². The first-order chi connectivity index (χ1) is 15.9. The largest absolute Gasteiger partial charge is 0.384 e. The standard InChI is InChI=1S/C27H21Cl2N3O/c1-16-25(24-14-30-15-32(24)2)26(18-4-3-5-21(29)12-18)22-13-19(8-11-23(22)31-16)27(33)17-6-9-20(28)10-7-17/h3-15,27,33H,1-2H3. The van der Waals surface area contributed by atoms with Crippen molar-refractivity contribution in [2.24, 2.45) is 7.05 Å². The Hall–Kier alpha value is -3.18. The van der Waals surface area contributed by atoms with Crippen LogP contribution in [0.1, 0.15) is 22.9 Å². The van der Waals surface area contributed by atoms with Crippen LogP contribution in [0.15, 0.2) is 79.3 Å². The van der Waals surface area contributed by atoms with Gasteiger partial charge in [-0.3, -0.25) is 4.98 Å². The summed E-state index contributed by atoms with van der Waals surface area (Å²) in [7, 11) is 1.97. The fraction of sp³-hybridized carbons (Fsp3) is 0.111. The monoisotopic (exact) mass is 473 g/mol. The maximum atomic E-state index is 11.1. The minimum absolute atomic E-state index is 0.633. The molecule has 1 N–H and O–H groups in total. The predicted molar refractivity (Wildman–Crippen MR) is 135 cm³/mol. The summed E-state index contributed by atoms with van der Waals surface area (Å²) in [5.41, 5.74) is 7.22. The third kappa shape index (κ3) is 4.02. The van der Waals surface area contributed by atoms with Gasteiger partial charge in [-0.1, -0.05) is 53.5 Å². The molecule has 0 saturated carbocycles. The fourth-order valence-corrected chi connectivity index (χ4v) is 4.58. The van der Waals surface area contributed by atoms with Gasteiger partial charge in [-0.05, 0) is 60.0 Å². The van der Waals surface area contributed by atoms with E-state index in [1.165, 1.54) is 0 Å². The van der Waals surface area contributed by atoms with E-state index in [4.69, 9.17) is 28.2 Å². The third-order valence-corrected chi connectivity index (χ3v) is 6.36. The number of hydrogen-bond acceptors (Lipinski definition) is 3. The van der Waals surface area contributed by atoms with E-state index in [2.05, 4.69) is 4.98 Å². The summed E-state index contributed by atoms with van der Waals surface area (Å²) in [6, 6.07) is 20.9. The van der Waals surface area contributed by atoms with Gasteiger partial charge in [-0.2, -0.15) is 0 Å². The number of aliphatic hydroxyl groups is 1. The summed E-state index contributed by atoms with van der Waals surface area (Å²) in [6.45, 7) is 2.01. The number of nitrogens with zero attached hydrogens (tertiary/aromatic N) is 3. The van der Waals surface area contributed by atoms with Crippen LogP contribution in [-0.4, -0.2) is 19.6 Å². The molecular weight excluding hydrogens is 453 g/mol. The first kappa shape index (κ1) is 21.7. The molecule has 33 heavy (non-hydrogen) atoms. The van der Waals surface area contributed by atoms with E-state index in [9.17, 15) is 5.11 Å². The number of fused-ring (bicyclic) bond motifs is 1. The van der Waals surface area contributed by atoms with Crippen molar-refractivity contribution >= 4 is 34.1 Å². The van der Waals surface area contributed by atoms with Crippen molar-refractivity contribution in [1.82, 2.24) is 14.5 Å². The van der Waals surface area contributed by atoms with Crippen LogP contribution in [0, 0.1) is 6.92 Å². The quantitative estimate of drug-likeness (QED) is 0.305. The fourth-order valence-electron chi connectivity index (χ4n) is 4.27. The lowest BCUT2D eigenvalue weighted by molar-refractivity contribution is 0.220. The highest BCUT2D eigenvalue weighted by molar-refractivity contribution is 6.31. The smallest absolute Gasteiger partial charge is 0.104 e. The molecule has 164 valence electrons. The van der Waals surface area contributed by atoms with E-state index in [1.54, 1.807) is 18.5 Å². The van der Waals surface area contributed by atoms with E-state index in [1.807, 2.05) is 79.3 Å². The SMILES string of the molecule is Cc1nc2ccc(C(O)c3ccc(Cl)cc3)cc2c(-c2cccc(Cl)c2)c1-c1cncn1C. The first-order valence-corrected chi connectivity index (χ1v) is 11.3. The van der Waals surface area contributed by atoms with E-state index >= 15 is 0 Å². The van der Waals surface area contributed by atoms with Gasteiger partial charge in [0.15, 0.2) is 0 Å². The maximum Gasteiger partial charge on any atom is 0.104 e. The van der Waals surface area contributed by atoms with Crippen LogP contribution in [0.4, 0.5) is 0 Å². The number of benzene rings is 3. The van der Waals surface area contributed by atoms with Crippen molar-refractivity contribution in [2.75, 3.05) is 0 Å². The molecular formula is C27H21Cl2N3O. The van der Waals surface area contributed by atoms with E-state index in [0.29, 0.717) is 10.0 Å². The number of hydrogen-bond donors (Lipinski definition) is 1. The average molecular weight is 474 g/mol. The lowest BCUT2D eigenvalue weighted by Gasteiger charge is -2.18. The number of aromatic nitrogens is 3. The molecule has 0 amide bonds. The van der Waals surface area contributed by atoms with Gasteiger partial charge in [0.25, 0.3) is 0 Å². The van der Waals surface area contributed by atoms with Crippen molar-refractivity contribution in [1.29, 1.82) is 0 Å². The highest BCUT2D eigenvalue weighted by Gasteiger charge is 2.20. The molecule has 0 aliphatic heterocycles. The summed E-state index contributed by atoms with van der Waals surface area (Å²) in [6.07, 6.45) is 2.83. The Morgan fingerprint density at radius 3 is 2.33 bits per heavy atom. The highest BCUT2D eigenvalue weighted by Crippen LogP contribution is 2.41. The van der Waals surface area contributed by atoms with Crippen molar-refractivity contribution in [2.45, 2.75) is 13.0 Å². The molecule has 0 fully saturated rings. The number of pyridine rings is 1. The molecule has 0 aliphatic carbocycles. The maximum absolute atomic E-state index is 11.1. The summed E-state index contributed by atoms with van der Waals surface area (Å²) in [4.78, 5) is 9.22. The minimum Gasteiger partial charge on any atom is -0.384 e. The summed E-state index contributed by atoms with van der Waals surface area (Å²) < 4.78 is 1.98. The Kier molecular flexibility index (Phi) is 5.67. The number of rotatable bonds is 4. The van der Waals surface area contributed by atoms with Crippen LogP contribution in [-0.2, 0) is 7.05 Å². The van der Waals surface area contributed by atoms with Crippen LogP contribution in [0.2, 0.25) is 10.0 Å². The molecule has 0 spiro atoms. The molecule has 3 aromatic carbocycles. The Morgan fingerprint density at radius 1 is 0.879 bits per heavy atom.